The quantitative estimate of drug-likeness (QED) is 0.727. The lowest BCUT2D eigenvalue weighted by molar-refractivity contribution is 0.288. The highest BCUT2D eigenvalue weighted by Crippen LogP contribution is 2.41. The molecule has 2 unspecified atom stereocenters. The predicted octanol–water partition coefficient (Wildman–Crippen LogP) is 2.76. The van der Waals surface area contributed by atoms with Crippen LogP contribution in [0.15, 0.2) is 0 Å². The van der Waals surface area contributed by atoms with Gasteiger partial charge in [0.15, 0.2) is 9.84 Å². The van der Waals surface area contributed by atoms with E-state index in [1.807, 2.05) is 0 Å². The topological polar surface area (TPSA) is 46.2 Å². The second kappa shape index (κ2) is 6.38. The van der Waals surface area contributed by atoms with E-state index < -0.39 is 9.84 Å². The van der Waals surface area contributed by atoms with E-state index in [0.717, 1.165) is 38.6 Å². The molecule has 1 saturated carbocycles. The monoisotopic (exact) mass is 275 g/mol. The Morgan fingerprint density at radius 2 is 1.89 bits per heavy atom. The van der Waals surface area contributed by atoms with Crippen LogP contribution in [0.2, 0.25) is 0 Å². The van der Waals surface area contributed by atoms with Crippen LogP contribution in [0.4, 0.5) is 0 Å². The molecule has 0 radical (unpaired) electrons. The fourth-order valence-electron chi connectivity index (χ4n) is 3.06. The maximum absolute atomic E-state index is 12.4. The van der Waals surface area contributed by atoms with Crippen LogP contribution in [0.3, 0.4) is 0 Å². The molecule has 0 aromatic carbocycles. The number of hydrogen-bond donors (Lipinski definition) is 1. The molecule has 0 bridgehead atoms. The average Bonchev–Trinajstić information content (AvgIpc) is 2.56. The molecule has 1 aliphatic carbocycles. The lowest BCUT2D eigenvalue weighted by Crippen LogP contribution is -2.47. The van der Waals surface area contributed by atoms with Gasteiger partial charge in [-0.25, -0.2) is 8.42 Å². The van der Waals surface area contributed by atoms with E-state index in [9.17, 15) is 8.42 Å². The summed E-state index contributed by atoms with van der Waals surface area (Å²) < 4.78 is 24.9. The molecule has 1 N–H and O–H groups in total. The van der Waals surface area contributed by atoms with E-state index in [1.165, 1.54) is 0 Å². The van der Waals surface area contributed by atoms with Crippen LogP contribution in [0.5, 0.6) is 0 Å². The van der Waals surface area contributed by atoms with Gasteiger partial charge < -0.3 is 5.32 Å². The normalized spacial score (nSPS) is 27.6. The van der Waals surface area contributed by atoms with Gasteiger partial charge in [0.25, 0.3) is 0 Å². The summed E-state index contributed by atoms with van der Waals surface area (Å²) in [5, 5.41) is 3.23. The van der Waals surface area contributed by atoms with Crippen LogP contribution in [-0.2, 0) is 9.84 Å². The summed E-state index contributed by atoms with van der Waals surface area (Å²) in [5.41, 5.74) is 0.0957. The average molecular weight is 275 g/mol. The fourth-order valence-corrected chi connectivity index (χ4v) is 5.32. The molecule has 0 spiro atoms. The number of hydrogen-bond acceptors (Lipinski definition) is 3. The number of nitrogens with one attached hydrogen (secondary N) is 1. The minimum atomic E-state index is -2.94. The Balaban J connectivity index is 2.74. The van der Waals surface area contributed by atoms with Gasteiger partial charge in [0.1, 0.15) is 0 Å². The van der Waals surface area contributed by atoms with Crippen molar-refractivity contribution in [3.05, 3.63) is 0 Å². The Kier molecular flexibility index (Phi) is 5.66. The fraction of sp³-hybridized carbons (Fsp3) is 1.00. The summed E-state index contributed by atoms with van der Waals surface area (Å²) >= 11 is 0. The molecule has 2 atom stereocenters. The molecule has 3 nitrogen and oxygen atoms in total. The molecule has 0 saturated heterocycles. The van der Waals surface area contributed by atoms with Crippen molar-refractivity contribution in [1.82, 2.24) is 5.32 Å². The summed E-state index contributed by atoms with van der Waals surface area (Å²) in [6, 6.07) is 0.120. The first-order valence-electron chi connectivity index (χ1n) is 7.30. The van der Waals surface area contributed by atoms with Crippen molar-refractivity contribution in [2.24, 2.45) is 5.41 Å². The van der Waals surface area contributed by atoms with E-state index in [0.29, 0.717) is 5.75 Å². The lowest BCUT2D eigenvalue weighted by atomic mass is 9.87. The molecule has 0 aromatic heterocycles. The molecule has 4 heteroatoms. The summed E-state index contributed by atoms with van der Waals surface area (Å²) in [5.74, 6) is 0.365. The lowest BCUT2D eigenvalue weighted by Gasteiger charge is -2.31. The molecule has 108 valence electrons. The van der Waals surface area contributed by atoms with Gasteiger partial charge in [0, 0.05) is 6.04 Å². The van der Waals surface area contributed by atoms with Crippen LogP contribution < -0.4 is 5.32 Å². The Bertz CT molecular complexity index is 349. The van der Waals surface area contributed by atoms with Crippen LogP contribution in [0.1, 0.15) is 59.8 Å². The first-order chi connectivity index (χ1) is 8.35. The molecule has 1 fully saturated rings. The molecular formula is C14H29NO2S. The summed E-state index contributed by atoms with van der Waals surface area (Å²) in [6.07, 6.45) is 4.72. The Labute approximate surface area is 113 Å². The zero-order valence-electron chi connectivity index (χ0n) is 12.3. The molecule has 1 aliphatic rings. The SMILES string of the molecule is CCCCCS(=O)(=O)C1CCC(C)(C)C1NCC. The van der Waals surface area contributed by atoms with Crippen LogP contribution in [0, 0.1) is 5.41 Å². The minimum Gasteiger partial charge on any atom is -0.312 e. The minimum absolute atomic E-state index is 0.0957. The van der Waals surface area contributed by atoms with Crippen molar-refractivity contribution in [3.8, 4) is 0 Å². The van der Waals surface area contributed by atoms with Gasteiger partial charge in [-0.3, -0.25) is 0 Å². The highest BCUT2D eigenvalue weighted by atomic mass is 32.2. The van der Waals surface area contributed by atoms with Crippen molar-refractivity contribution >= 4 is 9.84 Å². The summed E-state index contributed by atoms with van der Waals surface area (Å²) in [7, 11) is -2.94. The predicted molar refractivity (Wildman–Crippen MR) is 77.6 cm³/mol. The standard InChI is InChI=1S/C14H29NO2S/c1-5-7-8-11-18(16,17)12-9-10-14(3,4)13(12)15-6-2/h12-13,15H,5-11H2,1-4H3. The van der Waals surface area contributed by atoms with Crippen molar-refractivity contribution in [1.29, 1.82) is 0 Å². The first kappa shape index (κ1) is 16.0. The van der Waals surface area contributed by atoms with Gasteiger partial charge in [-0.2, -0.15) is 0 Å². The number of rotatable bonds is 7. The van der Waals surface area contributed by atoms with E-state index >= 15 is 0 Å². The highest BCUT2D eigenvalue weighted by molar-refractivity contribution is 7.92. The zero-order chi connectivity index (χ0) is 13.8. The third-order valence-electron chi connectivity index (χ3n) is 4.20. The Morgan fingerprint density at radius 1 is 1.22 bits per heavy atom. The van der Waals surface area contributed by atoms with Crippen molar-refractivity contribution in [3.63, 3.8) is 0 Å². The van der Waals surface area contributed by atoms with Gasteiger partial charge in [0.05, 0.1) is 11.0 Å². The van der Waals surface area contributed by atoms with Crippen LogP contribution >= 0.6 is 0 Å². The third kappa shape index (κ3) is 3.70. The van der Waals surface area contributed by atoms with Gasteiger partial charge >= 0.3 is 0 Å². The maximum Gasteiger partial charge on any atom is 0.154 e. The molecule has 0 aromatic rings. The smallest absolute Gasteiger partial charge is 0.154 e. The van der Waals surface area contributed by atoms with E-state index in [-0.39, 0.29) is 16.7 Å². The molecule has 0 amide bonds. The van der Waals surface area contributed by atoms with Gasteiger partial charge in [-0.1, -0.05) is 40.5 Å². The molecular weight excluding hydrogens is 246 g/mol. The largest absolute Gasteiger partial charge is 0.312 e. The summed E-state index contributed by atoms with van der Waals surface area (Å²) in [6.45, 7) is 9.36. The number of sulfone groups is 1. The van der Waals surface area contributed by atoms with Gasteiger partial charge in [-0.15, -0.1) is 0 Å². The highest BCUT2D eigenvalue weighted by Gasteiger charge is 2.46. The third-order valence-corrected chi connectivity index (χ3v) is 6.49. The van der Waals surface area contributed by atoms with Crippen LogP contribution in [0.25, 0.3) is 0 Å². The van der Waals surface area contributed by atoms with Gasteiger partial charge in [-0.05, 0) is 31.2 Å². The van der Waals surface area contributed by atoms with Crippen molar-refractivity contribution < 1.29 is 8.42 Å². The second-order valence-corrected chi connectivity index (χ2v) is 8.51. The van der Waals surface area contributed by atoms with Gasteiger partial charge in [0.2, 0.25) is 0 Å². The van der Waals surface area contributed by atoms with Crippen LogP contribution in [-0.4, -0.2) is 32.0 Å². The summed E-state index contributed by atoms with van der Waals surface area (Å²) in [4.78, 5) is 0. The van der Waals surface area contributed by atoms with Crippen molar-refractivity contribution in [2.45, 2.75) is 71.1 Å². The van der Waals surface area contributed by atoms with E-state index in [1.54, 1.807) is 0 Å². The van der Waals surface area contributed by atoms with E-state index in [2.05, 4.69) is 33.0 Å². The molecule has 0 aliphatic heterocycles. The van der Waals surface area contributed by atoms with Crippen molar-refractivity contribution in [2.75, 3.05) is 12.3 Å². The first-order valence-corrected chi connectivity index (χ1v) is 9.01. The Morgan fingerprint density at radius 3 is 2.44 bits per heavy atom. The van der Waals surface area contributed by atoms with E-state index in [4.69, 9.17) is 0 Å². The molecule has 1 rings (SSSR count). The zero-order valence-corrected chi connectivity index (χ0v) is 13.1. The second-order valence-electron chi connectivity index (χ2n) is 6.18. The Hall–Kier alpha value is -0.0900. The molecule has 18 heavy (non-hydrogen) atoms. The maximum atomic E-state index is 12.4. The number of unbranched alkanes of at least 4 members (excludes halogenated alkanes) is 2. The molecule has 0 heterocycles.